The number of rotatable bonds is 8. The summed E-state index contributed by atoms with van der Waals surface area (Å²) in [5.74, 6) is 0.291. The molecule has 3 aromatic rings. The number of aromatic nitrogens is 1. The van der Waals surface area contributed by atoms with Gasteiger partial charge in [0.1, 0.15) is 11.8 Å². The Labute approximate surface area is 179 Å². The van der Waals surface area contributed by atoms with Crippen LogP contribution >= 0.6 is 0 Å². The number of hydrogen-bond acceptors (Lipinski definition) is 4. The highest BCUT2D eigenvalue weighted by atomic mass is 16.5. The Balaban J connectivity index is 1.26. The number of H-pyrrole nitrogens is 1. The first kappa shape index (κ1) is 20.5. The van der Waals surface area contributed by atoms with Gasteiger partial charge in [0.25, 0.3) is 5.91 Å². The molecule has 0 aliphatic carbocycles. The molecule has 160 valence electrons. The van der Waals surface area contributed by atoms with E-state index >= 15 is 0 Å². The van der Waals surface area contributed by atoms with Crippen LogP contribution in [0.25, 0.3) is 10.9 Å². The Hall–Kier alpha value is -3.81. The molecule has 4 amide bonds. The number of fused-ring (bicyclic) bond motifs is 1. The summed E-state index contributed by atoms with van der Waals surface area (Å²) in [6, 6.07) is 13.4. The first-order valence-corrected chi connectivity index (χ1v) is 10.2. The predicted molar refractivity (Wildman–Crippen MR) is 117 cm³/mol. The number of methoxy groups -OCH3 is 1. The first-order chi connectivity index (χ1) is 15.1. The summed E-state index contributed by atoms with van der Waals surface area (Å²) in [6.45, 7) is 0.476. The van der Waals surface area contributed by atoms with Gasteiger partial charge in [-0.05, 0) is 48.7 Å². The lowest BCUT2D eigenvalue weighted by Gasteiger charge is -2.12. The van der Waals surface area contributed by atoms with Gasteiger partial charge in [0.2, 0.25) is 5.91 Å². The summed E-state index contributed by atoms with van der Waals surface area (Å²) < 4.78 is 5.28. The van der Waals surface area contributed by atoms with E-state index in [4.69, 9.17) is 4.74 Å². The zero-order chi connectivity index (χ0) is 21.8. The Morgan fingerprint density at radius 3 is 2.74 bits per heavy atom. The van der Waals surface area contributed by atoms with Crippen LogP contribution in [0.15, 0.2) is 54.7 Å². The molecule has 0 radical (unpaired) electrons. The fourth-order valence-electron chi connectivity index (χ4n) is 3.74. The molecule has 31 heavy (non-hydrogen) atoms. The minimum absolute atomic E-state index is 0.154. The molecular weight excluding hydrogens is 396 g/mol. The third kappa shape index (κ3) is 4.37. The van der Waals surface area contributed by atoms with Crippen LogP contribution in [-0.4, -0.2) is 42.5 Å². The van der Waals surface area contributed by atoms with Crippen molar-refractivity contribution >= 4 is 34.4 Å². The molecule has 1 unspecified atom stereocenters. The third-order valence-electron chi connectivity index (χ3n) is 5.38. The van der Waals surface area contributed by atoms with Crippen LogP contribution in [0.3, 0.4) is 0 Å². The number of amides is 4. The van der Waals surface area contributed by atoms with Crippen molar-refractivity contribution in [1.29, 1.82) is 0 Å². The van der Waals surface area contributed by atoms with Gasteiger partial charge in [-0.25, -0.2) is 9.69 Å². The molecule has 1 aliphatic rings. The monoisotopic (exact) mass is 420 g/mol. The molecule has 2 heterocycles. The molecule has 3 N–H and O–H groups in total. The molecule has 1 aliphatic heterocycles. The van der Waals surface area contributed by atoms with Gasteiger partial charge in [-0.3, -0.25) is 9.59 Å². The molecule has 1 fully saturated rings. The molecule has 1 atom stereocenters. The normalized spacial score (nSPS) is 15.9. The lowest BCUT2D eigenvalue weighted by atomic mass is 10.1. The van der Waals surface area contributed by atoms with Gasteiger partial charge >= 0.3 is 6.03 Å². The number of anilines is 1. The standard InChI is InChI=1S/C23H24N4O4/c1-31-17-7-8-19-18(13-17)15(14-25-19)11-12-24-21(28)10-9-20-22(29)27(23(30)26-20)16-5-3-2-4-6-16/h2-8,13-14,20,25H,9-12H2,1H3,(H,24,28)(H,26,30). The van der Waals surface area contributed by atoms with E-state index in [2.05, 4.69) is 15.6 Å². The maximum Gasteiger partial charge on any atom is 0.329 e. The quantitative estimate of drug-likeness (QED) is 0.488. The largest absolute Gasteiger partial charge is 0.497 e. The van der Waals surface area contributed by atoms with Crippen LogP contribution in [0.5, 0.6) is 5.75 Å². The second-order valence-electron chi connectivity index (χ2n) is 7.38. The summed E-state index contributed by atoms with van der Waals surface area (Å²) in [4.78, 5) is 41.3. The summed E-state index contributed by atoms with van der Waals surface area (Å²) in [5, 5.41) is 6.61. The summed E-state index contributed by atoms with van der Waals surface area (Å²) >= 11 is 0. The number of carbonyl (C=O) groups excluding carboxylic acids is 3. The number of para-hydroxylation sites is 1. The lowest BCUT2D eigenvalue weighted by Crippen LogP contribution is -2.33. The van der Waals surface area contributed by atoms with Crippen molar-refractivity contribution in [3.05, 3.63) is 60.3 Å². The Morgan fingerprint density at radius 2 is 1.97 bits per heavy atom. The van der Waals surface area contributed by atoms with E-state index in [-0.39, 0.29) is 24.7 Å². The van der Waals surface area contributed by atoms with Gasteiger partial charge in [-0.1, -0.05) is 18.2 Å². The number of carbonyl (C=O) groups is 3. The van der Waals surface area contributed by atoms with E-state index in [0.717, 1.165) is 27.1 Å². The average molecular weight is 420 g/mol. The Morgan fingerprint density at radius 1 is 1.16 bits per heavy atom. The zero-order valence-corrected chi connectivity index (χ0v) is 17.2. The molecule has 8 heteroatoms. The van der Waals surface area contributed by atoms with Crippen molar-refractivity contribution < 1.29 is 19.1 Å². The average Bonchev–Trinajstić information content (AvgIpc) is 3.32. The molecule has 8 nitrogen and oxygen atoms in total. The van der Waals surface area contributed by atoms with Gasteiger partial charge < -0.3 is 20.4 Å². The number of nitrogens with one attached hydrogen (secondary N) is 3. The van der Waals surface area contributed by atoms with E-state index in [1.165, 1.54) is 0 Å². The third-order valence-corrected chi connectivity index (χ3v) is 5.38. The predicted octanol–water partition coefficient (Wildman–Crippen LogP) is 2.74. The van der Waals surface area contributed by atoms with E-state index < -0.39 is 12.1 Å². The number of nitrogens with zero attached hydrogens (tertiary/aromatic N) is 1. The number of urea groups is 1. The van der Waals surface area contributed by atoms with Crippen molar-refractivity contribution in [2.75, 3.05) is 18.6 Å². The summed E-state index contributed by atoms with van der Waals surface area (Å²) in [5.41, 5.74) is 2.62. The van der Waals surface area contributed by atoms with Crippen molar-refractivity contribution in [3.63, 3.8) is 0 Å². The second kappa shape index (κ2) is 8.91. The highest BCUT2D eigenvalue weighted by Gasteiger charge is 2.38. The van der Waals surface area contributed by atoms with Gasteiger partial charge in [-0.15, -0.1) is 0 Å². The maximum atomic E-state index is 12.6. The topological polar surface area (TPSA) is 104 Å². The van der Waals surface area contributed by atoms with Gasteiger partial charge in [0, 0.05) is 30.1 Å². The second-order valence-corrected chi connectivity index (χ2v) is 7.38. The van der Waals surface area contributed by atoms with Crippen molar-refractivity contribution in [2.45, 2.75) is 25.3 Å². The number of ether oxygens (including phenoxy) is 1. The number of hydrogen-bond donors (Lipinski definition) is 3. The Bertz CT molecular complexity index is 1110. The smallest absolute Gasteiger partial charge is 0.329 e. The molecule has 0 bridgehead atoms. The van der Waals surface area contributed by atoms with E-state index in [1.807, 2.05) is 30.5 Å². The summed E-state index contributed by atoms with van der Waals surface area (Å²) in [7, 11) is 1.63. The van der Waals surface area contributed by atoms with Crippen molar-refractivity contribution in [1.82, 2.24) is 15.6 Å². The van der Waals surface area contributed by atoms with Crippen LogP contribution < -0.4 is 20.3 Å². The van der Waals surface area contributed by atoms with Crippen LogP contribution in [0.4, 0.5) is 10.5 Å². The van der Waals surface area contributed by atoms with Crippen LogP contribution in [-0.2, 0) is 16.0 Å². The minimum atomic E-state index is -0.695. The highest BCUT2D eigenvalue weighted by Crippen LogP contribution is 2.24. The summed E-state index contributed by atoms with van der Waals surface area (Å²) in [6.07, 6.45) is 3.01. The molecule has 0 spiro atoms. The molecule has 1 aromatic heterocycles. The lowest BCUT2D eigenvalue weighted by molar-refractivity contribution is -0.121. The van der Waals surface area contributed by atoms with E-state index in [0.29, 0.717) is 18.7 Å². The highest BCUT2D eigenvalue weighted by molar-refractivity contribution is 6.21. The molecule has 1 saturated heterocycles. The van der Waals surface area contributed by atoms with Gasteiger partial charge in [0.05, 0.1) is 12.8 Å². The number of imide groups is 1. The first-order valence-electron chi connectivity index (χ1n) is 10.2. The van der Waals surface area contributed by atoms with Crippen molar-refractivity contribution in [2.24, 2.45) is 0 Å². The van der Waals surface area contributed by atoms with E-state index in [1.54, 1.807) is 31.4 Å². The Kier molecular flexibility index (Phi) is 5.88. The van der Waals surface area contributed by atoms with Crippen LogP contribution in [0.2, 0.25) is 0 Å². The molecule has 0 saturated carbocycles. The minimum Gasteiger partial charge on any atom is -0.497 e. The molecular formula is C23H24N4O4. The van der Waals surface area contributed by atoms with Gasteiger partial charge in [-0.2, -0.15) is 0 Å². The molecule has 2 aromatic carbocycles. The maximum absolute atomic E-state index is 12.6. The SMILES string of the molecule is COc1ccc2[nH]cc(CCNC(=O)CCC3NC(=O)N(c4ccccc4)C3=O)c2c1. The van der Waals surface area contributed by atoms with E-state index in [9.17, 15) is 14.4 Å². The zero-order valence-electron chi connectivity index (χ0n) is 17.2. The fourth-order valence-corrected chi connectivity index (χ4v) is 3.74. The van der Waals surface area contributed by atoms with Gasteiger partial charge in [0.15, 0.2) is 0 Å². The molecule has 4 rings (SSSR count). The fraction of sp³-hybridized carbons (Fsp3) is 0.261. The van der Waals surface area contributed by atoms with Crippen LogP contribution in [0.1, 0.15) is 18.4 Å². The van der Waals surface area contributed by atoms with Crippen LogP contribution in [0, 0.1) is 0 Å². The van der Waals surface area contributed by atoms with Crippen molar-refractivity contribution in [3.8, 4) is 5.75 Å². The number of aromatic amines is 1. The number of benzene rings is 2.